The Labute approximate surface area is 136 Å². The first-order valence-electron chi connectivity index (χ1n) is 7.15. The van der Waals surface area contributed by atoms with E-state index < -0.39 is 0 Å². The van der Waals surface area contributed by atoms with Gasteiger partial charge in [-0.1, -0.05) is 6.07 Å². The highest BCUT2D eigenvalue weighted by atomic mass is 32.1. The summed E-state index contributed by atoms with van der Waals surface area (Å²) in [6.45, 7) is 0.201. The summed E-state index contributed by atoms with van der Waals surface area (Å²) in [5, 5.41) is 5.59. The van der Waals surface area contributed by atoms with E-state index in [0.717, 1.165) is 21.5 Å². The highest BCUT2D eigenvalue weighted by Gasteiger charge is 2.08. The SMILES string of the molecule is COc1ccc2[nH]c(=O)c(CNC(=O)Cc3cccs3)cc2c1. The number of nitrogens with one attached hydrogen (secondary N) is 2. The van der Waals surface area contributed by atoms with Gasteiger partial charge in [-0.25, -0.2) is 0 Å². The maximum Gasteiger partial charge on any atom is 0.253 e. The molecule has 0 bridgehead atoms. The van der Waals surface area contributed by atoms with Crippen LogP contribution in [0.2, 0.25) is 0 Å². The molecule has 3 rings (SSSR count). The van der Waals surface area contributed by atoms with Crippen molar-refractivity contribution in [3.05, 3.63) is 62.6 Å². The molecule has 0 fully saturated rings. The number of carbonyl (C=O) groups excluding carboxylic acids is 1. The third-order valence-electron chi connectivity index (χ3n) is 3.52. The van der Waals surface area contributed by atoms with Crippen molar-refractivity contribution in [2.75, 3.05) is 7.11 Å². The first-order valence-corrected chi connectivity index (χ1v) is 8.03. The van der Waals surface area contributed by atoms with Crippen molar-refractivity contribution in [1.29, 1.82) is 0 Å². The fraction of sp³-hybridized carbons (Fsp3) is 0.176. The van der Waals surface area contributed by atoms with E-state index in [4.69, 9.17) is 4.74 Å². The van der Waals surface area contributed by atoms with Gasteiger partial charge in [0.05, 0.1) is 13.5 Å². The maximum absolute atomic E-state index is 12.1. The van der Waals surface area contributed by atoms with Gasteiger partial charge in [-0.05, 0) is 35.7 Å². The number of ether oxygens (including phenoxy) is 1. The van der Waals surface area contributed by atoms with Crippen molar-refractivity contribution in [2.45, 2.75) is 13.0 Å². The van der Waals surface area contributed by atoms with Crippen LogP contribution in [0.25, 0.3) is 10.9 Å². The number of rotatable bonds is 5. The Morgan fingerprint density at radius 1 is 1.30 bits per heavy atom. The summed E-state index contributed by atoms with van der Waals surface area (Å²) in [4.78, 5) is 27.8. The minimum absolute atomic E-state index is 0.0995. The lowest BCUT2D eigenvalue weighted by Crippen LogP contribution is -2.27. The van der Waals surface area contributed by atoms with E-state index in [-0.39, 0.29) is 18.0 Å². The monoisotopic (exact) mass is 328 g/mol. The quantitative estimate of drug-likeness (QED) is 0.756. The Morgan fingerprint density at radius 3 is 2.91 bits per heavy atom. The molecule has 0 radical (unpaired) electrons. The third-order valence-corrected chi connectivity index (χ3v) is 4.40. The topological polar surface area (TPSA) is 71.2 Å². The number of pyridine rings is 1. The maximum atomic E-state index is 12.1. The van der Waals surface area contributed by atoms with Crippen LogP contribution in [0.3, 0.4) is 0 Å². The van der Waals surface area contributed by atoms with Gasteiger partial charge in [0.1, 0.15) is 5.75 Å². The summed E-state index contributed by atoms with van der Waals surface area (Å²) in [5.41, 5.74) is 1.06. The van der Waals surface area contributed by atoms with Gasteiger partial charge >= 0.3 is 0 Å². The molecule has 2 heterocycles. The van der Waals surface area contributed by atoms with Crippen LogP contribution in [0, 0.1) is 0 Å². The zero-order chi connectivity index (χ0) is 16.2. The van der Waals surface area contributed by atoms with Gasteiger partial charge in [-0.15, -0.1) is 11.3 Å². The number of carbonyl (C=O) groups is 1. The first kappa shape index (κ1) is 15.3. The Morgan fingerprint density at radius 2 is 2.17 bits per heavy atom. The fourth-order valence-corrected chi connectivity index (χ4v) is 3.02. The van der Waals surface area contributed by atoms with Crippen LogP contribution in [-0.2, 0) is 17.8 Å². The number of H-pyrrole nitrogens is 1. The Bertz CT molecular complexity index is 884. The van der Waals surface area contributed by atoms with Crippen LogP contribution in [0.15, 0.2) is 46.6 Å². The van der Waals surface area contributed by atoms with Crippen LogP contribution in [-0.4, -0.2) is 18.0 Å². The second-order valence-corrected chi connectivity index (χ2v) is 6.14. The summed E-state index contributed by atoms with van der Waals surface area (Å²) in [6, 6.07) is 11.0. The molecule has 23 heavy (non-hydrogen) atoms. The van der Waals surface area contributed by atoms with Crippen molar-refractivity contribution in [2.24, 2.45) is 0 Å². The normalized spacial score (nSPS) is 10.7. The van der Waals surface area contributed by atoms with Gasteiger partial charge in [-0.2, -0.15) is 0 Å². The molecule has 2 aromatic heterocycles. The lowest BCUT2D eigenvalue weighted by atomic mass is 10.1. The smallest absolute Gasteiger partial charge is 0.253 e. The molecule has 6 heteroatoms. The number of benzene rings is 1. The average molecular weight is 328 g/mol. The minimum atomic E-state index is -0.195. The summed E-state index contributed by atoms with van der Waals surface area (Å²) in [5.74, 6) is 0.620. The second kappa shape index (κ2) is 6.66. The molecule has 0 aliphatic heterocycles. The Kier molecular flexibility index (Phi) is 4.43. The van der Waals surface area contributed by atoms with Crippen molar-refractivity contribution in [3.63, 3.8) is 0 Å². The number of amides is 1. The van der Waals surface area contributed by atoms with Crippen molar-refractivity contribution in [3.8, 4) is 5.75 Å². The van der Waals surface area contributed by atoms with E-state index in [2.05, 4.69) is 10.3 Å². The molecule has 1 aromatic carbocycles. The Hall–Kier alpha value is -2.60. The molecular weight excluding hydrogens is 312 g/mol. The first-order chi connectivity index (χ1) is 11.2. The molecule has 118 valence electrons. The molecule has 0 aliphatic rings. The van der Waals surface area contributed by atoms with Crippen LogP contribution in [0.5, 0.6) is 5.75 Å². The van der Waals surface area contributed by atoms with Gasteiger partial charge in [0, 0.05) is 27.9 Å². The zero-order valence-electron chi connectivity index (χ0n) is 12.6. The molecule has 0 aliphatic carbocycles. The molecule has 0 spiro atoms. The van der Waals surface area contributed by atoms with Crippen LogP contribution < -0.4 is 15.6 Å². The van der Waals surface area contributed by atoms with E-state index in [1.165, 1.54) is 11.3 Å². The second-order valence-electron chi connectivity index (χ2n) is 5.11. The molecule has 0 atom stereocenters. The van der Waals surface area contributed by atoms with Crippen molar-refractivity contribution < 1.29 is 9.53 Å². The lowest BCUT2D eigenvalue weighted by molar-refractivity contribution is -0.120. The van der Waals surface area contributed by atoms with Crippen LogP contribution >= 0.6 is 11.3 Å². The largest absolute Gasteiger partial charge is 0.497 e. The fourth-order valence-electron chi connectivity index (χ4n) is 2.32. The van der Waals surface area contributed by atoms with E-state index in [1.54, 1.807) is 25.3 Å². The molecule has 0 saturated heterocycles. The summed E-state index contributed by atoms with van der Waals surface area (Å²) < 4.78 is 5.19. The van der Waals surface area contributed by atoms with E-state index >= 15 is 0 Å². The number of aromatic nitrogens is 1. The number of fused-ring (bicyclic) bond motifs is 1. The Balaban J connectivity index is 1.75. The number of hydrogen-bond donors (Lipinski definition) is 2. The van der Waals surface area contributed by atoms with Gasteiger partial charge in [0.25, 0.3) is 5.56 Å². The number of thiophene rings is 1. The predicted molar refractivity (Wildman–Crippen MR) is 91.0 cm³/mol. The van der Waals surface area contributed by atoms with E-state index in [0.29, 0.717) is 12.0 Å². The number of aromatic amines is 1. The summed E-state index contributed by atoms with van der Waals surface area (Å²) >= 11 is 1.54. The molecule has 0 saturated carbocycles. The highest BCUT2D eigenvalue weighted by Crippen LogP contribution is 2.18. The lowest BCUT2D eigenvalue weighted by Gasteiger charge is -2.07. The van der Waals surface area contributed by atoms with Crippen molar-refractivity contribution >= 4 is 28.1 Å². The van der Waals surface area contributed by atoms with Crippen LogP contribution in [0.4, 0.5) is 0 Å². The zero-order valence-corrected chi connectivity index (χ0v) is 13.4. The van der Waals surface area contributed by atoms with Crippen molar-refractivity contribution in [1.82, 2.24) is 10.3 Å². The highest BCUT2D eigenvalue weighted by molar-refractivity contribution is 7.10. The average Bonchev–Trinajstić information content (AvgIpc) is 3.05. The van der Waals surface area contributed by atoms with Gasteiger partial charge in [0.2, 0.25) is 5.91 Å². The standard InChI is InChI=1S/C17H16N2O3S/c1-22-13-4-5-15-11(8-13)7-12(17(21)19-15)10-18-16(20)9-14-3-2-6-23-14/h2-8H,9-10H2,1H3,(H,18,20)(H,19,21). The molecule has 0 unspecified atom stereocenters. The minimum Gasteiger partial charge on any atom is -0.497 e. The predicted octanol–water partition coefficient (Wildman–Crippen LogP) is 2.46. The van der Waals surface area contributed by atoms with Gasteiger partial charge < -0.3 is 15.0 Å². The number of hydrogen-bond acceptors (Lipinski definition) is 4. The van der Waals surface area contributed by atoms with Gasteiger partial charge in [-0.3, -0.25) is 9.59 Å². The van der Waals surface area contributed by atoms with Gasteiger partial charge in [0.15, 0.2) is 0 Å². The van der Waals surface area contributed by atoms with E-state index in [9.17, 15) is 9.59 Å². The molecular formula is C17H16N2O3S. The van der Waals surface area contributed by atoms with Crippen LogP contribution in [0.1, 0.15) is 10.4 Å². The molecule has 1 amide bonds. The summed E-state index contributed by atoms with van der Waals surface area (Å²) in [6.07, 6.45) is 0.330. The summed E-state index contributed by atoms with van der Waals surface area (Å²) in [7, 11) is 1.60. The third kappa shape index (κ3) is 3.60. The van der Waals surface area contributed by atoms with E-state index in [1.807, 2.05) is 23.6 Å². The number of methoxy groups -OCH3 is 1. The molecule has 2 N–H and O–H groups in total. The molecule has 5 nitrogen and oxygen atoms in total. The molecule has 3 aromatic rings.